The maximum Gasteiger partial charge on any atom is 0.270 e. The fourth-order valence-electron chi connectivity index (χ4n) is 1.65. The van der Waals surface area contributed by atoms with Crippen LogP contribution in [0.3, 0.4) is 0 Å². The van der Waals surface area contributed by atoms with Gasteiger partial charge in [0.25, 0.3) is 11.6 Å². The molecular weight excluding hydrogens is 342 g/mol. The molecule has 0 saturated heterocycles. The number of halogens is 1. The summed E-state index contributed by atoms with van der Waals surface area (Å²) in [6.45, 7) is 3.51. The molecule has 0 aliphatic rings. The zero-order valence-electron chi connectivity index (χ0n) is 11.9. The lowest BCUT2D eigenvalue weighted by molar-refractivity contribution is -0.384. The summed E-state index contributed by atoms with van der Waals surface area (Å²) in [6.07, 6.45) is 0. The molecule has 0 aliphatic carbocycles. The van der Waals surface area contributed by atoms with Crippen molar-refractivity contribution in [3.63, 3.8) is 0 Å². The van der Waals surface area contributed by atoms with Crippen LogP contribution in [0.25, 0.3) is 0 Å². The number of likely N-dealkylation sites (N-methyl/N-ethyl adjacent to an activating group) is 1. The smallest absolute Gasteiger partial charge is 0.270 e. The third-order valence-electron chi connectivity index (χ3n) is 2.57. The Labute approximate surface area is 130 Å². The molecular formula is C13H16BrN3O4. The Morgan fingerprint density at radius 2 is 2.05 bits per heavy atom. The summed E-state index contributed by atoms with van der Waals surface area (Å²) in [6, 6.07) is 3.90. The van der Waals surface area contributed by atoms with Gasteiger partial charge in [0.05, 0.1) is 17.0 Å². The quantitative estimate of drug-likeness (QED) is 0.643. The number of carbonyl (C=O) groups is 2. The van der Waals surface area contributed by atoms with Gasteiger partial charge in [-0.05, 0) is 35.8 Å². The van der Waals surface area contributed by atoms with E-state index in [4.69, 9.17) is 0 Å². The van der Waals surface area contributed by atoms with Crippen molar-refractivity contribution in [3.05, 3.63) is 38.3 Å². The van der Waals surface area contributed by atoms with Gasteiger partial charge >= 0.3 is 0 Å². The van der Waals surface area contributed by atoms with Crippen molar-refractivity contribution >= 4 is 33.4 Å². The topological polar surface area (TPSA) is 92.6 Å². The molecule has 0 spiro atoms. The van der Waals surface area contributed by atoms with Gasteiger partial charge in [-0.3, -0.25) is 19.7 Å². The van der Waals surface area contributed by atoms with Crippen LogP contribution < -0.4 is 5.32 Å². The van der Waals surface area contributed by atoms with Crippen LogP contribution in [-0.2, 0) is 4.79 Å². The number of nitro groups is 1. The molecule has 1 aromatic rings. The Kier molecular flexibility index (Phi) is 5.83. The number of non-ortho nitro benzene ring substituents is 1. The van der Waals surface area contributed by atoms with E-state index in [9.17, 15) is 19.7 Å². The summed E-state index contributed by atoms with van der Waals surface area (Å²) in [5.41, 5.74) is -0.0365. The zero-order valence-corrected chi connectivity index (χ0v) is 13.5. The molecule has 1 rings (SSSR count). The molecule has 0 fully saturated rings. The van der Waals surface area contributed by atoms with E-state index in [-0.39, 0.29) is 29.7 Å². The van der Waals surface area contributed by atoms with Crippen LogP contribution >= 0.6 is 15.9 Å². The largest absolute Gasteiger partial charge is 0.352 e. The molecule has 114 valence electrons. The third-order valence-corrected chi connectivity index (χ3v) is 3.26. The van der Waals surface area contributed by atoms with Gasteiger partial charge in [-0.25, -0.2) is 0 Å². The first-order chi connectivity index (χ1) is 9.72. The molecule has 0 saturated carbocycles. The van der Waals surface area contributed by atoms with Gasteiger partial charge in [0.15, 0.2) is 0 Å². The van der Waals surface area contributed by atoms with Crippen LogP contribution in [0.2, 0.25) is 0 Å². The second kappa shape index (κ2) is 7.16. The highest BCUT2D eigenvalue weighted by molar-refractivity contribution is 9.10. The highest BCUT2D eigenvalue weighted by Gasteiger charge is 2.20. The third kappa shape index (κ3) is 4.82. The minimum absolute atomic E-state index is 0.0226. The highest BCUT2D eigenvalue weighted by Crippen LogP contribution is 2.23. The van der Waals surface area contributed by atoms with Crippen LogP contribution in [0, 0.1) is 10.1 Å². The summed E-state index contributed by atoms with van der Waals surface area (Å²) >= 11 is 3.18. The van der Waals surface area contributed by atoms with E-state index in [1.165, 1.54) is 30.1 Å². The number of nitrogens with one attached hydrogen (secondary N) is 1. The van der Waals surface area contributed by atoms with Crippen molar-refractivity contribution in [2.75, 3.05) is 13.6 Å². The molecule has 0 bridgehead atoms. The Morgan fingerprint density at radius 3 is 2.57 bits per heavy atom. The molecule has 0 aliphatic heterocycles. The Morgan fingerprint density at radius 1 is 1.43 bits per heavy atom. The van der Waals surface area contributed by atoms with Crippen LogP contribution in [0.1, 0.15) is 24.2 Å². The number of hydrogen-bond donors (Lipinski definition) is 1. The molecule has 1 N–H and O–H groups in total. The summed E-state index contributed by atoms with van der Waals surface area (Å²) in [5.74, 6) is -0.758. The predicted octanol–water partition coefficient (Wildman–Crippen LogP) is 1.95. The number of carbonyl (C=O) groups excluding carboxylic acids is 2. The summed E-state index contributed by atoms with van der Waals surface area (Å²) < 4.78 is 0.439. The van der Waals surface area contributed by atoms with E-state index < -0.39 is 10.8 Å². The molecule has 0 heterocycles. The van der Waals surface area contributed by atoms with Crippen LogP contribution in [0.4, 0.5) is 5.69 Å². The van der Waals surface area contributed by atoms with Gasteiger partial charge in [0, 0.05) is 29.7 Å². The number of benzene rings is 1. The van der Waals surface area contributed by atoms with Crippen molar-refractivity contribution in [1.82, 2.24) is 10.2 Å². The van der Waals surface area contributed by atoms with Gasteiger partial charge in [-0.1, -0.05) is 0 Å². The van der Waals surface area contributed by atoms with E-state index >= 15 is 0 Å². The van der Waals surface area contributed by atoms with Crippen molar-refractivity contribution in [3.8, 4) is 0 Å². The van der Waals surface area contributed by atoms with Crippen molar-refractivity contribution < 1.29 is 14.5 Å². The van der Waals surface area contributed by atoms with E-state index in [0.717, 1.165) is 0 Å². The lowest BCUT2D eigenvalue weighted by Gasteiger charge is -2.18. The van der Waals surface area contributed by atoms with Gasteiger partial charge in [-0.15, -0.1) is 0 Å². The molecule has 21 heavy (non-hydrogen) atoms. The Bertz CT molecular complexity index is 575. The normalized spacial score (nSPS) is 10.3. The SMILES string of the molecule is CC(C)NC(=O)CN(C)C(=O)c1cc([N+](=O)[O-])ccc1Br. The molecule has 8 heteroatoms. The average Bonchev–Trinajstić information content (AvgIpc) is 2.36. The van der Waals surface area contributed by atoms with Gasteiger partial charge < -0.3 is 10.2 Å². The number of nitrogens with zero attached hydrogens (tertiary/aromatic N) is 2. The second-order valence-electron chi connectivity index (χ2n) is 4.80. The van der Waals surface area contributed by atoms with E-state index in [1.807, 2.05) is 13.8 Å². The van der Waals surface area contributed by atoms with Crippen molar-refractivity contribution in [2.45, 2.75) is 19.9 Å². The lowest BCUT2D eigenvalue weighted by Crippen LogP contribution is -2.40. The summed E-state index contributed by atoms with van der Waals surface area (Å²) in [7, 11) is 1.47. The maximum atomic E-state index is 12.3. The average molecular weight is 358 g/mol. The molecule has 1 aromatic carbocycles. The van der Waals surface area contributed by atoms with E-state index in [0.29, 0.717) is 4.47 Å². The monoisotopic (exact) mass is 357 g/mol. The minimum Gasteiger partial charge on any atom is -0.352 e. The van der Waals surface area contributed by atoms with E-state index in [1.54, 1.807) is 0 Å². The number of amides is 2. The number of nitro benzene ring substituents is 1. The number of rotatable bonds is 5. The fourth-order valence-corrected chi connectivity index (χ4v) is 2.07. The minimum atomic E-state index is -0.575. The van der Waals surface area contributed by atoms with Gasteiger partial charge in [-0.2, -0.15) is 0 Å². The Hall–Kier alpha value is -1.96. The first-order valence-electron chi connectivity index (χ1n) is 6.21. The molecule has 0 unspecified atom stereocenters. The van der Waals surface area contributed by atoms with Crippen molar-refractivity contribution in [1.29, 1.82) is 0 Å². The van der Waals surface area contributed by atoms with Crippen molar-refractivity contribution in [2.24, 2.45) is 0 Å². The molecule has 7 nitrogen and oxygen atoms in total. The highest BCUT2D eigenvalue weighted by atomic mass is 79.9. The summed E-state index contributed by atoms with van der Waals surface area (Å²) in [4.78, 5) is 35.3. The predicted molar refractivity (Wildman–Crippen MR) is 81.0 cm³/mol. The maximum absolute atomic E-state index is 12.3. The zero-order chi connectivity index (χ0) is 16.2. The second-order valence-corrected chi connectivity index (χ2v) is 5.66. The molecule has 0 radical (unpaired) electrons. The van der Waals surface area contributed by atoms with Crippen LogP contribution in [0.15, 0.2) is 22.7 Å². The molecule has 2 amide bonds. The molecule has 0 atom stereocenters. The Balaban J connectivity index is 2.90. The first-order valence-corrected chi connectivity index (χ1v) is 7.00. The molecule has 0 aromatic heterocycles. The van der Waals surface area contributed by atoms with Gasteiger partial charge in [0.2, 0.25) is 5.91 Å². The van der Waals surface area contributed by atoms with Gasteiger partial charge in [0.1, 0.15) is 0 Å². The first kappa shape index (κ1) is 17.1. The summed E-state index contributed by atoms with van der Waals surface area (Å²) in [5, 5.41) is 13.4. The van der Waals surface area contributed by atoms with Crippen LogP contribution in [-0.4, -0.2) is 41.3 Å². The lowest BCUT2D eigenvalue weighted by atomic mass is 10.2. The van der Waals surface area contributed by atoms with Crippen LogP contribution in [0.5, 0.6) is 0 Å². The number of hydrogen-bond acceptors (Lipinski definition) is 4. The fraction of sp³-hybridized carbons (Fsp3) is 0.385. The van der Waals surface area contributed by atoms with E-state index in [2.05, 4.69) is 21.2 Å². The standard InChI is InChI=1S/C13H16BrN3O4/c1-8(2)15-12(18)7-16(3)13(19)10-6-9(17(20)21)4-5-11(10)14/h4-6,8H,7H2,1-3H3,(H,15,18).